The molecule has 3 rings (SSSR count). The van der Waals surface area contributed by atoms with Crippen LogP contribution in [0, 0.1) is 6.92 Å². The molecule has 1 atom stereocenters. The van der Waals surface area contributed by atoms with E-state index in [4.69, 9.17) is 4.74 Å². The van der Waals surface area contributed by atoms with E-state index in [2.05, 4.69) is 12.1 Å². The van der Waals surface area contributed by atoms with Gasteiger partial charge in [-0.25, -0.2) is 0 Å². The molecule has 5 heteroatoms. The van der Waals surface area contributed by atoms with Crippen molar-refractivity contribution in [1.82, 2.24) is 4.90 Å². The predicted molar refractivity (Wildman–Crippen MR) is 110 cm³/mol. The Kier molecular flexibility index (Phi) is 5.84. The lowest BCUT2D eigenvalue weighted by atomic mass is 9.98. The standard InChI is InChI=1S/C23H28N2O3/c1-17-10-12-19(13-11-17)24-15-20(14-18-8-6-5-7-9-18)25(16-21(24)26)22(27)23(2,3)28-4/h5-13,20H,14-16H2,1-4H3. The fourth-order valence-electron chi connectivity index (χ4n) is 3.48. The number of ether oxygens (including phenoxy) is 1. The van der Waals surface area contributed by atoms with Crippen molar-refractivity contribution >= 4 is 17.5 Å². The monoisotopic (exact) mass is 380 g/mol. The summed E-state index contributed by atoms with van der Waals surface area (Å²) in [7, 11) is 1.52. The molecule has 1 aliphatic heterocycles. The Labute approximate surface area is 166 Å². The van der Waals surface area contributed by atoms with Gasteiger partial charge < -0.3 is 14.5 Å². The van der Waals surface area contributed by atoms with Gasteiger partial charge in [-0.15, -0.1) is 0 Å². The molecule has 1 saturated heterocycles. The van der Waals surface area contributed by atoms with Crippen molar-refractivity contribution < 1.29 is 14.3 Å². The van der Waals surface area contributed by atoms with Crippen molar-refractivity contribution in [3.63, 3.8) is 0 Å². The van der Waals surface area contributed by atoms with Gasteiger partial charge in [0, 0.05) is 19.3 Å². The Morgan fingerprint density at radius 1 is 1.11 bits per heavy atom. The van der Waals surface area contributed by atoms with Crippen LogP contribution in [0.2, 0.25) is 0 Å². The van der Waals surface area contributed by atoms with Crippen LogP contribution in [0.1, 0.15) is 25.0 Å². The van der Waals surface area contributed by atoms with Crippen LogP contribution in [-0.2, 0) is 20.7 Å². The fourth-order valence-corrected chi connectivity index (χ4v) is 3.48. The summed E-state index contributed by atoms with van der Waals surface area (Å²) in [4.78, 5) is 29.5. The predicted octanol–water partition coefficient (Wildman–Crippen LogP) is 3.21. The van der Waals surface area contributed by atoms with Gasteiger partial charge in [-0.05, 0) is 44.9 Å². The van der Waals surface area contributed by atoms with Crippen molar-refractivity contribution in [2.45, 2.75) is 38.8 Å². The van der Waals surface area contributed by atoms with Crippen LogP contribution in [-0.4, -0.2) is 48.6 Å². The lowest BCUT2D eigenvalue weighted by Crippen LogP contribution is -2.62. The first-order valence-corrected chi connectivity index (χ1v) is 9.59. The average Bonchev–Trinajstić information content (AvgIpc) is 2.70. The van der Waals surface area contributed by atoms with Crippen LogP contribution in [0.15, 0.2) is 54.6 Å². The molecule has 148 valence electrons. The first-order chi connectivity index (χ1) is 13.3. The highest BCUT2D eigenvalue weighted by Crippen LogP contribution is 2.25. The Morgan fingerprint density at radius 2 is 1.75 bits per heavy atom. The summed E-state index contributed by atoms with van der Waals surface area (Å²) in [6, 6.07) is 17.9. The molecule has 0 aliphatic carbocycles. The van der Waals surface area contributed by atoms with E-state index in [-0.39, 0.29) is 24.4 Å². The maximum absolute atomic E-state index is 13.1. The first-order valence-electron chi connectivity index (χ1n) is 9.59. The highest BCUT2D eigenvalue weighted by atomic mass is 16.5. The normalized spacial score (nSPS) is 17.7. The van der Waals surface area contributed by atoms with Crippen LogP contribution in [0.25, 0.3) is 0 Å². The van der Waals surface area contributed by atoms with Gasteiger partial charge in [-0.3, -0.25) is 9.59 Å². The molecule has 0 bridgehead atoms. The van der Waals surface area contributed by atoms with Gasteiger partial charge in [-0.2, -0.15) is 0 Å². The Balaban J connectivity index is 1.90. The number of carbonyl (C=O) groups is 2. The number of nitrogens with zero attached hydrogens (tertiary/aromatic N) is 2. The Morgan fingerprint density at radius 3 is 2.36 bits per heavy atom. The number of piperazine rings is 1. The molecule has 0 saturated carbocycles. The maximum atomic E-state index is 13.1. The van der Waals surface area contributed by atoms with Crippen molar-refractivity contribution in [2.24, 2.45) is 0 Å². The molecule has 2 amide bonds. The van der Waals surface area contributed by atoms with Gasteiger partial charge in [0.05, 0.1) is 6.04 Å². The molecule has 0 aromatic heterocycles. The third kappa shape index (κ3) is 4.25. The molecule has 0 radical (unpaired) electrons. The first kappa shape index (κ1) is 20.1. The van der Waals surface area contributed by atoms with Gasteiger partial charge >= 0.3 is 0 Å². The third-order valence-corrected chi connectivity index (χ3v) is 5.39. The van der Waals surface area contributed by atoms with Crippen molar-refractivity contribution in [3.8, 4) is 0 Å². The third-order valence-electron chi connectivity index (χ3n) is 5.39. The molecule has 1 aliphatic rings. The van der Waals surface area contributed by atoms with Crippen molar-refractivity contribution in [3.05, 3.63) is 65.7 Å². The number of hydrogen-bond donors (Lipinski definition) is 0. The highest BCUT2D eigenvalue weighted by Gasteiger charge is 2.41. The van der Waals surface area contributed by atoms with Gasteiger partial charge in [0.25, 0.3) is 5.91 Å². The van der Waals surface area contributed by atoms with E-state index in [1.807, 2.05) is 49.4 Å². The van der Waals surface area contributed by atoms with Gasteiger partial charge in [0.2, 0.25) is 5.91 Å². The molecule has 0 N–H and O–H groups in total. The fraction of sp³-hybridized carbons (Fsp3) is 0.391. The lowest BCUT2D eigenvalue weighted by molar-refractivity contribution is -0.156. The lowest BCUT2D eigenvalue weighted by Gasteiger charge is -2.43. The van der Waals surface area contributed by atoms with Gasteiger partial charge in [-0.1, -0.05) is 48.0 Å². The molecule has 2 aromatic rings. The zero-order chi connectivity index (χ0) is 20.3. The average molecular weight is 380 g/mol. The van der Waals surface area contributed by atoms with Crippen LogP contribution in [0.5, 0.6) is 0 Å². The minimum Gasteiger partial charge on any atom is -0.369 e. The summed E-state index contributed by atoms with van der Waals surface area (Å²) in [5.41, 5.74) is 2.18. The number of methoxy groups -OCH3 is 1. The van der Waals surface area contributed by atoms with Gasteiger partial charge in [0.1, 0.15) is 12.1 Å². The summed E-state index contributed by atoms with van der Waals surface area (Å²) < 4.78 is 5.40. The second-order valence-electron chi connectivity index (χ2n) is 7.83. The highest BCUT2D eigenvalue weighted by molar-refractivity contribution is 5.99. The Hall–Kier alpha value is -2.66. The number of rotatable bonds is 5. The summed E-state index contributed by atoms with van der Waals surface area (Å²) in [5, 5.41) is 0. The van der Waals surface area contributed by atoms with E-state index in [0.29, 0.717) is 13.0 Å². The topological polar surface area (TPSA) is 49.9 Å². The van der Waals surface area contributed by atoms with Crippen LogP contribution in [0.4, 0.5) is 5.69 Å². The largest absolute Gasteiger partial charge is 0.369 e. The van der Waals surface area contributed by atoms with E-state index in [9.17, 15) is 9.59 Å². The zero-order valence-corrected chi connectivity index (χ0v) is 17.0. The number of anilines is 1. The SMILES string of the molecule is COC(C)(C)C(=O)N1CC(=O)N(c2ccc(C)cc2)CC1Cc1ccccc1. The smallest absolute Gasteiger partial charge is 0.255 e. The molecule has 1 heterocycles. The van der Waals surface area contributed by atoms with E-state index in [1.165, 1.54) is 7.11 Å². The van der Waals surface area contributed by atoms with Gasteiger partial charge in [0.15, 0.2) is 0 Å². The summed E-state index contributed by atoms with van der Waals surface area (Å²) in [6.07, 6.45) is 0.683. The summed E-state index contributed by atoms with van der Waals surface area (Å²) >= 11 is 0. The molecule has 1 fully saturated rings. The maximum Gasteiger partial charge on any atom is 0.255 e. The number of amides is 2. The van der Waals surface area contributed by atoms with Crippen LogP contribution >= 0.6 is 0 Å². The molecular weight excluding hydrogens is 352 g/mol. The van der Waals surface area contributed by atoms with E-state index in [0.717, 1.165) is 16.8 Å². The number of benzene rings is 2. The van der Waals surface area contributed by atoms with Crippen molar-refractivity contribution in [2.75, 3.05) is 25.1 Å². The quantitative estimate of drug-likeness (QED) is 0.800. The minimum atomic E-state index is -0.971. The number of carbonyl (C=O) groups excluding carboxylic acids is 2. The zero-order valence-electron chi connectivity index (χ0n) is 17.0. The van der Waals surface area contributed by atoms with Crippen LogP contribution in [0.3, 0.4) is 0 Å². The van der Waals surface area contributed by atoms with E-state index >= 15 is 0 Å². The molecular formula is C23H28N2O3. The summed E-state index contributed by atoms with van der Waals surface area (Å²) in [5.74, 6) is -0.235. The minimum absolute atomic E-state index is 0.0526. The second kappa shape index (κ2) is 8.15. The number of hydrogen-bond acceptors (Lipinski definition) is 3. The van der Waals surface area contributed by atoms with E-state index < -0.39 is 5.60 Å². The molecule has 28 heavy (non-hydrogen) atoms. The molecule has 5 nitrogen and oxygen atoms in total. The Bertz CT molecular complexity index is 831. The molecule has 1 unspecified atom stereocenters. The van der Waals surface area contributed by atoms with Crippen LogP contribution < -0.4 is 4.90 Å². The van der Waals surface area contributed by atoms with Crippen molar-refractivity contribution in [1.29, 1.82) is 0 Å². The molecule has 0 spiro atoms. The van der Waals surface area contributed by atoms with E-state index in [1.54, 1.807) is 23.6 Å². The molecule has 2 aromatic carbocycles. The second-order valence-corrected chi connectivity index (χ2v) is 7.83. The summed E-state index contributed by atoms with van der Waals surface area (Å²) in [6.45, 7) is 6.02. The number of aryl methyl sites for hydroxylation is 1.